The van der Waals surface area contributed by atoms with E-state index in [0.29, 0.717) is 25.4 Å². The SMILES string of the molecule is C#CCNCC(=O)Nc1cccc(C2OCCO2)c1. The molecule has 1 amide bonds. The maximum absolute atomic E-state index is 11.6. The highest BCUT2D eigenvalue weighted by Crippen LogP contribution is 2.25. The first-order valence-corrected chi connectivity index (χ1v) is 6.07. The molecule has 5 heteroatoms. The van der Waals surface area contributed by atoms with Gasteiger partial charge in [0, 0.05) is 11.3 Å². The molecule has 0 aromatic heterocycles. The molecule has 0 radical (unpaired) electrons. The Labute approximate surface area is 112 Å². The summed E-state index contributed by atoms with van der Waals surface area (Å²) in [5.74, 6) is 2.27. The maximum atomic E-state index is 11.6. The third-order valence-corrected chi connectivity index (χ3v) is 2.58. The summed E-state index contributed by atoms with van der Waals surface area (Å²) in [5.41, 5.74) is 1.61. The van der Waals surface area contributed by atoms with Crippen LogP contribution in [-0.2, 0) is 14.3 Å². The Kier molecular flexibility index (Phi) is 4.93. The zero-order valence-corrected chi connectivity index (χ0v) is 10.5. The Morgan fingerprint density at radius 3 is 2.95 bits per heavy atom. The first-order valence-electron chi connectivity index (χ1n) is 6.07. The molecular weight excluding hydrogens is 244 g/mol. The molecule has 5 nitrogen and oxygen atoms in total. The second-order valence-electron chi connectivity index (χ2n) is 4.05. The molecule has 0 aliphatic carbocycles. The average Bonchev–Trinajstić information content (AvgIpc) is 2.93. The monoisotopic (exact) mass is 260 g/mol. The van der Waals surface area contributed by atoms with Crippen LogP contribution in [0.1, 0.15) is 11.9 Å². The van der Waals surface area contributed by atoms with Crippen molar-refractivity contribution < 1.29 is 14.3 Å². The average molecular weight is 260 g/mol. The van der Waals surface area contributed by atoms with Gasteiger partial charge in [0.1, 0.15) is 0 Å². The van der Waals surface area contributed by atoms with Crippen LogP contribution in [0.2, 0.25) is 0 Å². The van der Waals surface area contributed by atoms with E-state index in [1.807, 2.05) is 24.3 Å². The number of anilines is 1. The predicted molar refractivity (Wildman–Crippen MR) is 71.4 cm³/mol. The number of hydrogen-bond donors (Lipinski definition) is 2. The molecule has 1 saturated heterocycles. The van der Waals surface area contributed by atoms with Crippen molar-refractivity contribution in [3.05, 3.63) is 29.8 Å². The minimum atomic E-state index is -0.337. The predicted octanol–water partition coefficient (Wildman–Crippen LogP) is 0.893. The summed E-state index contributed by atoms with van der Waals surface area (Å²) in [6, 6.07) is 7.42. The Morgan fingerprint density at radius 1 is 1.42 bits per heavy atom. The van der Waals surface area contributed by atoms with Gasteiger partial charge in [-0.05, 0) is 12.1 Å². The molecule has 0 unspecified atom stereocenters. The van der Waals surface area contributed by atoms with Crippen molar-refractivity contribution in [2.75, 3.05) is 31.6 Å². The minimum Gasteiger partial charge on any atom is -0.346 e. The van der Waals surface area contributed by atoms with E-state index in [4.69, 9.17) is 15.9 Å². The largest absolute Gasteiger partial charge is 0.346 e. The van der Waals surface area contributed by atoms with Crippen LogP contribution in [0.5, 0.6) is 0 Å². The van der Waals surface area contributed by atoms with Gasteiger partial charge in [0.05, 0.1) is 26.3 Å². The summed E-state index contributed by atoms with van der Waals surface area (Å²) < 4.78 is 10.8. The summed E-state index contributed by atoms with van der Waals surface area (Å²) >= 11 is 0. The maximum Gasteiger partial charge on any atom is 0.238 e. The van der Waals surface area contributed by atoms with Gasteiger partial charge in [-0.1, -0.05) is 18.1 Å². The fourth-order valence-electron chi connectivity index (χ4n) is 1.77. The number of rotatable bonds is 5. The Morgan fingerprint density at radius 2 is 2.21 bits per heavy atom. The van der Waals surface area contributed by atoms with E-state index in [2.05, 4.69) is 16.6 Å². The molecule has 2 N–H and O–H groups in total. The lowest BCUT2D eigenvalue weighted by atomic mass is 10.2. The van der Waals surface area contributed by atoms with E-state index in [1.54, 1.807) is 0 Å². The molecule has 0 atom stereocenters. The van der Waals surface area contributed by atoms with Crippen molar-refractivity contribution in [1.82, 2.24) is 5.32 Å². The van der Waals surface area contributed by atoms with Gasteiger partial charge >= 0.3 is 0 Å². The molecule has 0 bridgehead atoms. The van der Waals surface area contributed by atoms with Crippen LogP contribution in [0.25, 0.3) is 0 Å². The van der Waals surface area contributed by atoms with Gasteiger partial charge < -0.3 is 14.8 Å². The molecule has 2 rings (SSSR count). The number of carbonyl (C=O) groups is 1. The van der Waals surface area contributed by atoms with Crippen LogP contribution in [0.15, 0.2) is 24.3 Å². The highest BCUT2D eigenvalue weighted by Gasteiger charge is 2.18. The highest BCUT2D eigenvalue weighted by molar-refractivity contribution is 5.92. The number of ether oxygens (including phenoxy) is 2. The van der Waals surface area contributed by atoms with Crippen LogP contribution in [0.3, 0.4) is 0 Å². The molecule has 1 aromatic rings. The van der Waals surface area contributed by atoms with E-state index in [1.165, 1.54) is 0 Å². The quantitative estimate of drug-likeness (QED) is 0.610. The van der Waals surface area contributed by atoms with Crippen LogP contribution in [-0.4, -0.2) is 32.2 Å². The molecule has 1 aliphatic rings. The van der Waals surface area contributed by atoms with Crippen molar-refractivity contribution in [3.63, 3.8) is 0 Å². The van der Waals surface area contributed by atoms with E-state index < -0.39 is 0 Å². The van der Waals surface area contributed by atoms with Crippen molar-refractivity contribution in [1.29, 1.82) is 0 Å². The lowest BCUT2D eigenvalue weighted by Crippen LogP contribution is -2.28. The van der Waals surface area contributed by atoms with Crippen LogP contribution >= 0.6 is 0 Å². The van der Waals surface area contributed by atoms with Crippen molar-refractivity contribution in [2.24, 2.45) is 0 Å². The fourth-order valence-corrected chi connectivity index (χ4v) is 1.77. The minimum absolute atomic E-state index is 0.138. The third-order valence-electron chi connectivity index (χ3n) is 2.58. The standard InChI is InChI=1S/C14H16N2O3/c1-2-6-15-10-13(17)16-12-5-3-4-11(9-12)14-18-7-8-19-14/h1,3-5,9,14-15H,6-8,10H2,(H,16,17). The van der Waals surface area contributed by atoms with Gasteiger partial charge in [-0.15, -0.1) is 6.42 Å². The molecule has 0 spiro atoms. The van der Waals surface area contributed by atoms with Gasteiger partial charge in [-0.3, -0.25) is 10.1 Å². The number of carbonyl (C=O) groups excluding carboxylic acids is 1. The van der Waals surface area contributed by atoms with E-state index in [0.717, 1.165) is 5.56 Å². The van der Waals surface area contributed by atoms with Crippen LogP contribution in [0, 0.1) is 12.3 Å². The van der Waals surface area contributed by atoms with Gasteiger partial charge in [0.15, 0.2) is 6.29 Å². The number of benzene rings is 1. The number of nitrogens with one attached hydrogen (secondary N) is 2. The van der Waals surface area contributed by atoms with Gasteiger partial charge in [0.2, 0.25) is 5.91 Å². The van der Waals surface area contributed by atoms with Gasteiger partial charge in [-0.2, -0.15) is 0 Å². The Bertz CT molecular complexity index is 476. The van der Waals surface area contributed by atoms with Gasteiger partial charge in [0.25, 0.3) is 0 Å². The van der Waals surface area contributed by atoms with E-state index >= 15 is 0 Å². The second-order valence-corrected chi connectivity index (χ2v) is 4.05. The van der Waals surface area contributed by atoms with Crippen molar-refractivity contribution in [2.45, 2.75) is 6.29 Å². The van der Waals surface area contributed by atoms with Gasteiger partial charge in [-0.25, -0.2) is 0 Å². The summed E-state index contributed by atoms with van der Waals surface area (Å²) in [6.45, 7) is 1.75. The lowest BCUT2D eigenvalue weighted by molar-refractivity contribution is -0.115. The molecule has 100 valence electrons. The summed E-state index contributed by atoms with van der Waals surface area (Å²) in [5, 5.41) is 5.61. The third kappa shape index (κ3) is 4.07. The molecular formula is C14H16N2O3. The molecule has 1 aliphatic heterocycles. The molecule has 0 saturated carbocycles. The summed E-state index contributed by atoms with van der Waals surface area (Å²) in [7, 11) is 0. The highest BCUT2D eigenvalue weighted by atomic mass is 16.7. The van der Waals surface area contributed by atoms with Crippen LogP contribution in [0.4, 0.5) is 5.69 Å². The number of terminal acetylenes is 1. The Hall–Kier alpha value is -1.87. The van der Waals surface area contributed by atoms with Crippen molar-refractivity contribution >= 4 is 11.6 Å². The first-order chi connectivity index (χ1) is 9.29. The summed E-state index contributed by atoms with van der Waals surface area (Å²) in [4.78, 5) is 11.6. The molecule has 1 aromatic carbocycles. The molecule has 1 heterocycles. The van der Waals surface area contributed by atoms with E-state index in [-0.39, 0.29) is 18.7 Å². The smallest absolute Gasteiger partial charge is 0.238 e. The zero-order valence-electron chi connectivity index (χ0n) is 10.5. The first kappa shape index (κ1) is 13.6. The topological polar surface area (TPSA) is 59.6 Å². The van der Waals surface area contributed by atoms with Crippen molar-refractivity contribution in [3.8, 4) is 12.3 Å². The molecule has 19 heavy (non-hydrogen) atoms. The van der Waals surface area contributed by atoms with Crippen LogP contribution < -0.4 is 10.6 Å². The number of amides is 1. The lowest BCUT2D eigenvalue weighted by Gasteiger charge is -2.11. The Balaban J connectivity index is 1.91. The molecule has 1 fully saturated rings. The second kappa shape index (κ2) is 6.90. The number of hydrogen-bond acceptors (Lipinski definition) is 4. The van der Waals surface area contributed by atoms with E-state index in [9.17, 15) is 4.79 Å². The zero-order chi connectivity index (χ0) is 13.5. The summed E-state index contributed by atoms with van der Waals surface area (Å²) in [6.07, 6.45) is 4.75. The fraction of sp³-hybridized carbons (Fsp3) is 0.357. The normalized spacial score (nSPS) is 15.1.